The maximum absolute atomic E-state index is 13.5. The van der Waals surface area contributed by atoms with E-state index in [0.717, 1.165) is 23.3 Å². The summed E-state index contributed by atoms with van der Waals surface area (Å²) in [6, 6.07) is 5.04. The van der Waals surface area contributed by atoms with Crippen LogP contribution in [0.5, 0.6) is 0 Å². The lowest BCUT2D eigenvalue weighted by Crippen LogP contribution is -2.22. The first-order valence-electron chi connectivity index (χ1n) is 6.31. The SMILES string of the molecule is Cc1cnccc1CNCC(O)c1ccc(F)cc1F. The molecular formula is C15H16F2N2O. The Hall–Kier alpha value is -1.85. The van der Waals surface area contributed by atoms with Crippen LogP contribution in [-0.4, -0.2) is 16.6 Å². The van der Waals surface area contributed by atoms with Gasteiger partial charge in [0.05, 0.1) is 6.10 Å². The van der Waals surface area contributed by atoms with Crippen molar-refractivity contribution >= 4 is 0 Å². The van der Waals surface area contributed by atoms with Gasteiger partial charge in [-0.1, -0.05) is 6.07 Å². The lowest BCUT2D eigenvalue weighted by Gasteiger charge is -2.13. The Kier molecular flexibility index (Phi) is 4.76. The number of hydrogen-bond acceptors (Lipinski definition) is 3. The lowest BCUT2D eigenvalue weighted by molar-refractivity contribution is 0.169. The Morgan fingerprint density at radius 1 is 1.30 bits per heavy atom. The molecule has 0 amide bonds. The van der Waals surface area contributed by atoms with Crippen LogP contribution in [0.25, 0.3) is 0 Å². The number of aliphatic hydroxyl groups is 1. The lowest BCUT2D eigenvalue weighted by atomic mass is 10.1. The molecule has 106 valence electrons. The van der Waals surface area contributed by atoms with E-state index in [1.165, 1.54) is 6.07 Å². The van der Waals surface area contributed by atoms with Gasteiger partial charge in [0.15, 0.2) is 0 Å². The van der Waals surface area contributed by atoms with Crippen molar-refractivity contribution in [1.82, 2.24) is 10.3 Å². The molecule has 0 aliphatic carbocycles. The zero-order chi connectivity index (χ0) is 14.5. The first-order valence-corrected chi connectivity index (χ1v) is 6.31. The van der Waals surface area contributed by atoms with Gasteiger partial charge in [-0.15, -0.1) is 0 Å². The van der Waals surface area contributed by atoms with Crippen molar-refractivity contribution in [3.8, 4) is 0 Å². The zero-order valence-electron chi connectivity index (χ0n) is 11.1. The molecule has 0 bridgehead atoms. The molecule has 0 radical (unpaired) electrons. The first-order chi connectivity index (χ1) is 9.58. The monoisotopic (exact) mass is 278 g/mol. The van der Waals surface area contributed by atoms with Gasteiger partial charge >= 0.3 is 0 Å². The fourth-order valence-electron chi connectivity index (χ4n) is 1.93. The van der Waals surface area contributed by atoms with Gasteiger partial charge in [0.1, 0.15) is 11.6 Å². The maximum Gasteiger partial charge on any atom is 0.131 e. The van der Waals surface area contributed by atoms with E-state index in [0.29, 0.717) is 6.54 Å². The molecule has 2 N–H and O–H groups in total. The van der Waals surface area contributed by atoms with Gasteiger partial charge in [-0.05, 0) is 30.2 Å². The first kappa shape index (κ1) is 14.6. The summed E-state index contributed by atoms with van der Waals surface area (Å²) >= 11 is 0. The third-order valence-electron chi connectivity index (χ3n) is 3.11. The van der Waals surface area contributed by atoms with Gasteiger partial charge in [-0.25, -0.2) is 8.78 Å². The third-order valence-corrected chi connectivity index (χ3v) is 3.11. The second-order valence-electron chi connectivity index (χ2n) is 4.61. The van der Waals surface area contributed by atoms with Gasteiger partial charge in [-0.3, -0.25) is 4.98 Å². The fourth-order valence-corrected chi connectivity index (χ4v) is 1.93. The maximum atomic E-state index is 13.5. The van der Waals surface area contributed by atoms with Gasteiger partial charge in [0.25, 0.3) is 0 Å². The molecule has 0 aliphatic rings. The molecule has 1 aromatic heterocycles. The zero-order valence-corrected chi connectivity index (χ0v) is 11.1. The summed E-state index contributed by atoms with van der Waals surface area (Å²) in [4.78, 5) is 3.99. The minimum Gasteiger partial charge on any atom is -0.387 e. The van der Waals surface area contributed by atoms with Crippen molar-refractivity contribution < 1.29 is 13.9 Å². The van der Waals surface area contributed by atoms with Gasteiger partial charge < -0.3 is 10.4 Å². The molecule has 2 aromatic rings. The van der Waals surface area contributed by atoms with E-state index in [9.17, 15) is 13.9 Å². The minimum atomic E-state index is -1.02. The molecule has 20 heavy (non-hydrogen) atoms. The number of nitrogens with one attached hydrogen (secondary N) is 1. The molecule has 1 heterocycles. The molecular weight excluding hydrogens is 262 g/mol. The molecule has 0 aliphatic heterocycles. The summed E-state index contributed by atoms with van der Waals surface area (Å²) in [5, 5.41) is 12.9. The molecule has 0 fully saturated rings. The van der Waals surface area contributed by atoms with E-state index in [4.69, 9.17) is 0 Å². The summed E-state index contributed by atoms with van der Waals surface area (Å²) in [6.45, 7) is 2.68. The fraction of sp³-hybridized carbons (Fsp3) is 0.267. The summed E-state index contributed by atoms with van der Waals surface area (Å²) < 4.78 is 26.3. The van der Waals surface area contributed by atoms with Crippen LogP contribution in [0.1, 0.15) is 22.8 Å². The molecule has 1 atom stereocenters. The quantitative estimate of drug-likeness (QED) is 0.883. The normalized spacial score (nSPS) is 12.4. The second-order valence-corrected chi connectivity index (χ2v) is 4.61. The van der Waals surface area contributed by atoms with E-state index in [-0.39, 0.29) is 12.1 Å². The number of pyridine rings is 1. The number of rotatable bonds is 5. The summed E-state index contributed by atoms with van der Waals surface area (Å²) in [5.74, 6) is -1.39. The van der Waals surface area contributed by atoms with Crippen LogP contribution < -0.4 is 5.32 Å². The Bertz CT molecular complexity index is 590. The Balaban J connectivity index is 1.92. The highest BCUT2D eigenvalue weighted by Gasteiger charge is 2.13. The topological polar surface area (TPSA) is 45.2 Å². The van der Waals surface area contributed by atoms with Crippen molar-refractivity contribution in [1.29, 1.82) is 0 Å². The van der Waals surface area contributed by atoms with Crippen LogP contribution in [0.3, 0.4) is 0 Å². The highest BCUT2D eigenvalue weighted by molar-refractivity contribution is 5.22. The Morgan fingerprint density at radius 3 is 2.80 bits per heavy atom. The molecule has 2 rings (SSSR count). The average Bonchev–Trinajstić information content (AvgIpc) is 2.40. The number of halogens is 2. The highest BCUT2D eigenvalue weighted by Crippen LogP contribution is 2.17. The van der Waals surface area contributed by atoms with E-state index < -0.39 is 17.7 Å². The van der Waals surface area contributed by atoms with Crippen LogP contribution in [0.15, 0.2) is 36.7 Å². The molecule has 1 aromatic carbocycles. The molecule has 0 saturated carbocycles. The van der Waals surface area contributed by atoms with E-state index in [1.807, 2.05) is 13.0 Å². The Labute approximate surface area is 116 Å². The van der Waals surface area contributed by atoms with Crippen LogP contribution in [0.2, 0.25) is 0 Å². The van der Waals surface area contributed by atoms with Crippen LogP contribution in [0, 0.1) is 18.6 Å². The molecule has 0 saturated heterocycles. The summed E-state index contributed by atoms with van der Waals surface area (Å²) in [6.07, 6.45) is 2.44. The van der Waals surface area contributed by atoms with Crippen LogP contribution >= 0.6 is 0 Å². The van der Waals surface area contributed by atoms with Crippen molar-refractivity contribution in [2.45, 2.75) is 19.6 Å². The third kappa shape index (κ3) is 3.59. The number of aliphatic hydroxyl groups excluding tert-OH is 1. The van der Waals surface area contributed by atoms with E-state index in [2.05, 4.69) is 10.3 Å². The van der Waals surface area contributed by atoms with Crippen LogP contribution in [-0.2, 0) is 6.54 Å². The van der Waals surface area contributed by atoms with Gasteiger partial charge in [0, 0.05) is 37.1 Å². The van der Waals surface area contributed by atoms with E-state index in [1.54, 1.807) is 12.4 Å². The summed E-state index contributed by atoms with van der Waals surface area (Å²) in [5.41, 5.74) is 2.19. The summed E-state index contributed by atoms with van der Waals surface area (Å²) in [7, 11) is 0. The Morgan fingerprint density at radius 2 is 2.10 bits per heavy atom. The smallest absolute Gasteiger partial charge is 0.131 e. The number of nitrogens with zero attached hydrogens (tertiary/aromatic N) is 1. The second kappa shape index (κ2) is 6.54. The predicted octanol–water partition coefficient (Wildman–Crippen LogP) is 2.49. The molecule has 5 heteroatoms. The minimum absolute atomic E-state index is 0.0883. The van der Waals surface area contributed by atoms with Crippen molar-refractivity contribution in [3.63, 3.8) is 0 Å². The molecule has 0 spiro atoms. The number of aryl methyl sites for hydroxylation is 1. The van der Waals surface area contributed by atoms with Gasteiger partial charge in [-0.2, -0.15) is 0 Å². The predicted molar refractivity (Wildman–Crippen MR) is 72.0 cm³/mol. The number of hydrogen-bond donors (Lipinski definition) is 2. The van der Waals surface area contributed by atoms with Crippen molar-refractivity contribution in [2.24, 2.45) is 0 Å². The highest BCUT2D eigenvalue weighted by atomic mass is 19.1. The van der Waals surface area contributed by atoms with Crippen LogP contribution in [0.4, 0.5) is 8.78 Å². The standard InChI is InChI=1S/C15H16F2N2O/c1-10-7-18-5-4-11(10)8-19-9-15(20)13-3-2-12(16)6-14(13)17/h2-7,15,19-20H,8-9H2,1H3. The number of benzene rings is 1. The van der Waals surface area contributed by atoms with Crippen molar-refractivity contribution in [2.75, 3.05) is 6.54 Å². The van der Waals surface area contributed by atoms with E-state index >= 15 is 0 Å². The number of aromatic nitrogens is 1. The average molecular weight is 278 g/mol. The van der Waals surface area contributed by atoms with Gasteiger partial charge in [0.2, 0.25) is 0 Å². The largest absolute Gasteiger partial charge is 0.387 e. The molecule has 3 nitrogen and oxygen atoms in total. The molecule has 1 unspecified atom stereocenters. The van der Waals surface area contributed by atoms with Crippen molar-refractivity contribution in [3.05, 3.63) is 65.0 Å².